The number of thioether (sulfide) groups is 1. The van der Waals surface area contributed by atoms with E-state index in [-0.39, 0.29) is 17.6 Å². The molecule has 1 aromatic carbocycles. The van der Waals surface area contributed by atoms with E-state index in [1.807, 2.05) is 19.9 Å². The highest BCUT2D eigenvalue weighted by Crippen LogP contribution is 2.30. The van der Waals surface area contributed by atoms with Crippen LogP contribution in [0.1, 0.15) is 20.3 Å². The van der Waals surface area contributed by atoms with E-state index in [2.05, 4.69) is 10.3 Å². The average molecular weight is 373 g/mol. The summed E-state index contributed by atoms with van der Waals surface area (Å²) >= 11 is 8.69. The van der Waals surface area contributed by atoms with Crippen molar-refractivity contribution < 1.29 is 14.7 Å². The summed E-state index contributed by atoms with van der Waals surface area (Å²) in [6.45, 7) is 3.84. The van der Waals surface area contributed by atoms with Gasteiger partial charge in [-0.05, 0) is 30.5 Å². The lowest BCUT2D eigenvalue weighted by Crippen LogP contribution is -2.42. The quantitative estimate of drug-likeness (QED) is 0.725. The third-order valence-corrected chi connectivity index (χ3v) is 5.41. The lowest BCUT2D eigenvalue weighted by atomic mass is 10.0. The molecule has 8 heteroatoms. The molecule has 0 saturated heterocycles. The summed E-state index contributed by atoms with van der Waals surface area (Å²) in [7, 11) is 0. The first kappa shape index (κ1) is 18.0. The molecule has 0 unspecified atom stereocenters. The van der Waals surface area contributed by atoms with Crippen LogP contribution in [0.3, 0.4) is 0 Å². The molecule has 0 aliphatic carbocycles. The van der Waals surface area contributed by atoms with Gasteiger partial charge in [0.15, 0.2) is 4.34 Å². The summed E-state index contributed by atoms with van der Waals surface area (Å²) in [5.74, 6) is -0.986. The molecule has 1 heterocycles. The van der Waals surface area contributed by atoms with E-state index in [1.165, 1.54) is 23.1 Å². The molecule has 2 N–H and O–H groups in total. The average Bonchev–Trinajstić information content (AvgIpc) is 2.85. The van der Waals surface area contributed by atoms with Gasteiger partial charge in [0.05, 0.1) is 16.0 Å². The molecule has 0 bridgehead atoms. The predicted molar refractivity (Wildman–Crippen MR) is 94.4 cm³/mol. The molecule has 0 saturated carbocycles. The summed E-state index contributed by atoms with van der Waals surface area (Å²) in [6.07, 6.45) is 0.408. The smallest absolute Gasteiger partial charge is 0.326 e. The van der Waals surface area contributed by atoms with Crippen molar-refractivity contribution in [1.82, 2.24) is 10.3 Å². The Kier molecular flexibility index (Phi) is 6.26. The molecule has 0 spiro atoms. The lowest BCUT2D eigenvalue weighted by molar-refractivity contribution is -0.141. The van der Waals surface area contributed by atoms with Crippen molar-refractivity contribution in [2.45, 2.75) is 30.6 Å². The molecule has 0 fully saturated rings. The maximum Gasteiger partial charge on any atom is 0.326 e. The molecular formula is C15H17ClN2O3S2. The fourth-order valence-corrected chi connectivity index (χ4v) is 4.02. The Morgan fingerprint density at radius 1 is 1.43 bits per heavy atom. The molecule has 2 aromatic rings. The number of fused-ring (bicyclic) bond motifs is 1. The fourth-order valence-electron chi connectivity index (χ4n) is 2.00. The van der Waals surface area contributed by atoms with Crippen LogP contribution < -0.4 is 5.32 Å². The molecule has 1 amide bonds. The van der Waals surface area contributed by atoms with E-state index in [0.717, 1.165) is 14.6 Å². The molecule has 0 aliphatic rings. The van der Waals surface area contributed by atoms with E-state index in [9.17, 15) is 9.59 Å². The van der Waals surface area contributed by atoms with Crippen molar-refractivity contribution >= 4 is 56.8 Å². The zero-order valence-corrected chi connectivity index (χ0v) is 15.1. The topological polar surface area (TPSA) is 79.3 Å². The van der Waals surface area contributed by atoms with E-state index in [1.54, 1.807) is 12.1 Å². The second-order valence-corrected chi connectivity index (χ2v) is 8.16. The van der Waals surface area contributed by atoms with Crippen LogP contribution in [-0.2, 0) is 9.59 Å². The largest absolute Gasteiger partial charge is 0.480 e. The van der Waals surface area contributed by atoms with Crippen LogP contribution in [0.4, 0.5) is 0 Å². The van der Waals surface area contributed by atoms with Crippen LogP contribution in [0.5, 0.6) is 0 Å². The standard InChI is InChI=1S/C15H17ClN2O3S2/c1-8(2)5-11(14(20)21)17-13(19)7-22-15-18-10-6-9(16)3-4-12(10)23-15/h3-4,6,8,11H,5,7H2,1-2H3,(H,17,19)(H,20,21)/t11-/m0/s1. The lowest BCUT2D eigenvalue weighted by Gasteiger charge is -2.16. The third kappa shape index (κ3) is 5.37. The van der Waals surface area contributed by atoms with E-state index in [0.29, 0.717) is 11.4 Å². The van der Waals surface area contributed by atoms with Crippen LogP contribution in [0.2, 0.25) is 5.02 Å². The second kappa shape index (κ2) is 7.99. The van der Waals surface area contributed by atoms with Crippen LogP contribution in [0.25, 0.3) is 10.2 Å². The van der Waals surface area contributed by atoms with Gasteiger partial charge < -0.3 is 10.4 Å². The molecule has 2 rings (SSSR count). The SMILES string of the molecule is CC(C)C[C@H](NC(=O)CSc1nc2cc(Cl)ccc2s1)C(=O)O. The number of benzene rings is 1. The second-order valence-electron chi connectivity index (χ2n) is 5.47. The van der Waals surface area contributed by atoms with E-state index in [4.69, 9.17) is 16.7 Å². The summed E-state index contributed by atoms with van der Waals surface area (Å²) < 4.78 is 1.76. The van der Waals surface area contributed by atoms with Gasteiger partial charge in [0.25, 0.3) is 0 Å². The summed E-state index contributed by atoms with van der Waals surface area (Å²) in [5, 5.41) is 12.3. The van der Waals surface area contributed by atoms with Crippen LogP contribution in [-0.4, -0.2) is 33.8 Å². The molecule has 1 aromatic heterocycles. The highest BCUT2D eigenvalue weighted by atomic mass is 35.5. The molecule has 5 nitrogen and oxygen atoms in total. The number of hydrogen-bond donors (Lipinski definition) is 2. The van der Waals surface area contributed by atoms with Gasteiger partial charge in [-0.15, -0.1) is 11.3 Å². The minimum absolute atomic E-state index is 0.134. The van der Waals surface area contributed by atoms with E-state index >= 15 is 0 Å². The Hall–Kier alpha value is -1.31. The number of carboxylic acid groups (broad SMARTS) is 1. The summed E-state index contributed by atoms with van der Waals surface area (Å²) in [4.78, 5) is 27.5. The Morgan fingerprint density at radius 3 is 2.83 bits per heavy atom. The molecule has 1 atom stereocenters. The van der Waals surface area contributed by atoms with Crippen LogP contribution in [0.15, 0.2) is 22.5 Å². The first-order chi connectivity index (χ1) is 10.8. The van der Waals surface area contributed by atoms with Crippen molar-refractivity contribution in [1.29, 1.82) is 0 Å². The molecule has 23 heavy (non-hydrogen) atoms. The Morgan fingerprint density at radius 2 is 2.17 bits per heavy atom. The molecule has 0 aliphatic heterocycles. The number of aliphatic carboxylic acids is 1. The first-order valence-electron chi connectivity index (χ1n) is 7.06. The van der Waals surface area contributed by atoms with Crippen molar-refractivity contribution in [3.8, 4) is 0 Å². The van der Waals surface area contributed by atoms with Gasteiger partial charge in [-0.3, -0.25) is 4.79 Å². The number of carbonyl (C=O) groups is 2. The van der Waals surface area contributed by atoms with Crippen molar-refractivity contribution in [3.63, 3.8) is 0 Å². The molecule has 0 radical (unpaired) electrons. The minimum Gasteiger partial charge on any atom is -0.480 e. The number of aromatic nitrogens is 1. The highest BCUT2D eigenvalue weighted by Gasteiger charge is 2.21. The Balaban J connectivity index is 1.93. The van der Waals surface area contributed by atoms with Gasteiger partial charge in [-0.1, -0.05) is 37.2 Å². The number of carbonyl (C=O) groups excluding carboxylic acids is 1. The highest BCUT2D eigenvalue weighted by molar-refractivity contribution is 8.01. The number of hydrogen-bond acceptors (Lipinski definition) is 5. The maximum absolute atomic E-state index is 11.9. The maximum atomic E-state index is 11.9. The van der Waals surface area contributed by atoms with Gasteiger partial charge >= 0.3 is 5.97 Å². The first-order valence-corrected chi connectivity index (χ1v) is 9.24. The van der Waals surface area contributed by atoms with Crippen LogP contribution in [0, 0.1) is 5.92 Å². The van der Waals surface area contributed by atoms with Crippen molar-refractivity contribution in [2.75, 3.05) is 5.75 Å². The van der Waals surface area contributed by atoms with Gasteiger partial charge in [-0.25, -0.2) is 9.78 Å². The monoisotopic (exact) mass is 372 g/mol. The zero-order chi connectivity index (χ0) is 17.0. The molecule has 124 valence electrons. The Labute approximate surface area is 147 Å². The number of thiazole rings is 1. The fraction of sp³-hybridized carbons (Fsp3) is 0.400. The van der Waals surface area contributed by atoms with Crippen molar-refractivity contribution in [3.05, 3.63) is 23.2 Å². The van der Waals surface area contributed by atoms with Gasteiger partial charge in [-0.2, -0.15) is 0 Å². The third-order valence-electron chi connectivity index (χ3n) is 3.00. The minimum atomic E-state index is -1.01. The zero-order valence-electron chi connectivity index (χ0n) is 12.7. The predicted octanol–water partition coefficient (Wildman–Crippen LogP) is 3.66. The molecular weight excluding hydrogens is 356 g/mol. The van der Waals surface area contributed by atoms with Gasteiger partial charge in [0.1, 0.15) is 6.04 Å². The number of nitrogens with zero attached hydrogens (tertiary/aromatic N) is 1. The summed E-state index contributed by atoms with van der Waals surface area (Å²) in [6, 6.07) is 4.62. The van der Waals surface area contributed by atoms with Crippen LogP contribution >= 0.6 is 34.7 Å². The normalized spacial score (nSPS) is 12.5. The number of rotatable bonds is 7. The number of nitrogens with one attached hydrogen (secondary N) is 1. The Bertz CT molecular complexity index is 718. The van der Waals surface area contributed by atoms with Gasteiger partial charge in [0.2, 0.25) is 5.91 Å². The number of carboxylic acids is 1. The number of amides is 1. The number of halogens is 1. The van der Waals surface area contributed by atoms with Gasteiger partial charge in [0, 0.05) is 5.02 Å². The van der Waals surface area contributed by atoms with Crippen molar-refractivity contribution in [2.24, 2.45) is 5.92 Å². The van der Waals surface area contributed by atoms with E-state index < -0.39 is 12.0 Å². The summed E-state index contributed by atoms with van der Waals surface area (Å²) in [5.41, 5.74) is 0.800.